The summed E-state index contributed by atoms with van der Waals surface area (Å²) in [6, 6.07) is 0. The van der Waals surface area contributed by atoms with Crippen LogP contribution in [0.15, 0.2) is 22.8 Å². The van der Waals surface area contributed by atoms with Crippen molar-refractivity contribution in [3.05, 3.63) is 12.8 Å². The highest BCUT2D eigenvalue weighted by molar-refractivity contribution is 5.72. The fraction of sp³-hybridized carbons (Fsp3) is 0.333. The molecule has 0 aliphatic carbocycles. The van der Waals surface area contributed by atoms with Gasteiger partial charge in [0.1, 0.15) is 6.34 Å². The minimum atomic E-state index is 0.948. The minimum Gasteiger partial charge on any atom is -0.249 e. The Morgan fingerprint density at radius 3 is 2.75 bits per heavy atom. The van der Waals surface area contributed by atoms with Gasteiger partial charge in [0, 0.05) is 12.4 Å². The molecule has 0 amide bonds. The van der Waals surface area contributed by atoms with Gasteiger partial charge in [-0.25, -0.2) is 9.98 Å². The van der Waals surface area contributed by atoms with E-state index in [9.17, 15) is 0 Å². The summed E-state index contributed by atoms with van der Waals surface area (Å²) in [5, 5.41) is 0. The molecule has 0 aliphatic heterocycles. The molecular formula is C6H10N2. The van der Waals surface area contributed by atoms with Gasteiger partial charge < -0.3 is 0 Å². The van der Waals surface area contributed by atoms with Gasteiger partial charge in [0.2, 0.25) is 0 Å². The van der Waals surface area contributed by atoms with Crippen molar-refractivity contribution in [2.24, 2.45) is 9.98 Å². The van der Waals surface area contributed by atoms with Crippen molar-refractivity contribution in [3.8, 4) is 0 Å². The zero-order valence-corrected chi connectivity index (χ0v) is 5.04. The Morgan fingerprint density at radius 2 is 2.25 bits per heavy atom. The molecule has 0 atom stereocenters. The zero-order valence-electron chi connectivity index (χ0n) is 5.04. The largest absolute Gasteiger partial charge is 0.249 e. The molecule has 0 unspecified atom stereocenters. The molecule has 0 bridgehead atoms. The van der Waals surface area contributed by atoms with Crippen LogP contribution in [0.2, 0.25) is 0 Å². The zero-order chi connectivity index (χ0) is 6.24. The van der Waals surface area contributed by atoms with Gasteiger partial charge in [-0.15, -0.1) is 0 Å². The molecule has 0 spiro atoms. The molecule has 0 saturated carbocycles. The predicted octanol–water partition coefficient (Wildman–Crippen LogP) is 1.64. The molecule has 0 fully saturated rings. The van der Waals surface area contributed by atoms with Crippen molar-refractivity contribution in [1.29, 1.82) is 0 Å². The molecule has 0 radical (unpaired) electrons. The van der Waals surface area contributed by atoms with Crippen LogP contribution in [-0.2, 0) is 0 Å². The predicted molar refractivity (Wildman–Crippen MR) is 37.5 cm³/mol. The lowest BCUT2D eigenvalue weighted by Crippen LogP contribution is -1.67. The molecule has 2 heteroatoms. The first kappa shape index (κ1) is 7.08. The van der Waals surface area contributed by atoms with E-state index in [0.717, 1.165) is 6.42 Å². The monoisotopic (exact) mass is 110 g/mol. The molecule has 0 aromatic rings. The van der Waals surface area contributed by atoms with Crippen LogP contribution in [0, 0.1) is 0 Å². The Hall–Kier alpha value is -0.920. The third kappa shape index (κ3) is 5.08. The highest BCUT2D eigenvalue weighted by Gasteiger charge is 1.60. The molecule has 2 nitrogen and oxygen atoms in total. The minimum absolute atomic E-state index is 0.948. The number of hydrogen-bond acceptors (Lipinski definition) is 1. The molecule has 0 aromatic heterocycles. The van der Waals surface area contributed by atoms with E-state index in [0.29, 0.717) is 0 Å². The first-order valence-corrected chi connectivity index (χ1v) is 2.56. The summed E-state index contributed by atoms with van der Waals surface area (Å²) in [6.07, 6.45) is 5.65. The van der Waals surface area contributed by atoms with E-state index in [1.165, 1.54) is 12.5 Å². The molecule has 0 heterocycles. The summed E-state index contributed by atoms with van der Waals surface area (Å²) in [6.45, 7) is 5.41. The first-order chi connectivity index (χ1) is 3.91. The lowest BCUT2D eigenvalue weighted by Gasteiger charge is -1.71. The summed E-state index contributed by atoms with van der Waals surface area (Å²) in [5.41, 5.74) is 0. The van der Waals surface area contributed by atoms with E-state index < -0.39 is 0 Å². The van der Waals surface area contributed by atoms with Crippen LogP contribution >= 0.6 is 0 Å². The molecule has 0 aromatic carbocycles. The fourth-order valence-corrected chi connectivity index (χ4v) is 0.238. The standard InChI is InChI=1S/C6H10N2/c1-3-5-8-6-7-4-2/h4-6H,2-3H2,1H3/b7-6-,8-5-. The lowest BCUT2D eigenvalue weighted by molar-refractivity contribution is 1.32. The van der Waals surface area contributed by atoms with Crippen molar-refractivity contribution in [2.45, 2.75) is 13.3 Å². The molecule has 0 N–H and O–H groups in total. The van der Waals surface area contributed by atoms with Gasteiger partial charge in [-0.1, -0.05) is 13.5 Å². The SMILES string of the molecule is C=C/N=C\N=C/CC. The third-order valence-electron chi connectivity index (χ3n) is 0.527. The molecule has 8 heavy (non-hydrogen) atoms. The van der Waals surface area contributed by atoms with Gasteiger partial charge in [0.15, 0.2) is 0 Å². The van der Waals surface area contributed by atoms with Crippen molar-refractivity contribution in [3.63, 3.8) is 0 Å². The van der Waals surface area contributed by atoms with Crippen LogP contribution < -0.4 is 0 Å². The summed E-state index contributed by atoms with van der Waals surface area (Å²) < 4.78 is 0. The van der Waals surface area contributed by atoms with Crippen molar-refractivity contribution in [2.75, 3.05) is 0 Å². The van der Waals surface area contributed by atoms with E-state index in [-0.39, 0.29) is 0 Å². The average Bonchev–Trinajstić information content (AvgIpc) is 1.81. The van der Waals surface area contributed by atoms with Crippen LogP contribution in [0.3, 0.4) is 0 Å². The van der Waals surface area contributed by atoms with Gasteiger partial charge in [-0.2, -0.15) is 0 Å². The molecule has 0 rings (SSSR count). The number of hydrogen-bond donors (Lipinski definition) is 0. The Balaban J connectivity index is 3.26. The van der Waals surface area contributed by atoms with Crippen molar-refractivity contribution >= 4 is 12.6 Å². The van der Waals surface area contributed by atoms with Crippen LogP contribution in [0.1, 0.15) is 13.3 Å². The first-order valence-electron chi connectivity index (χ1n) is 2.56. The van der Waals surface area contributed by atoms with Crippen molar-refractivity contribution in [1.82, 2.24) is 0 Å². The fourth-order valence-electron chi connectivity index (χ4n) is 0.238. The quantitative estimate of drug-likeness (QED) is 0.389. The van der Waals surface area contributed by atoms with E-state index in [1.807, 2.05) is 6.92 Å². The Bertz CT molecular complexity index is 103. The summed E-state index contributed by atoms with van der Waals surface area (Å²) in [4.78, 5) is 7.44. The van der Waals surface area contributed by atoms with E-state index in [1.54, 1.807) is 6.21 Å². The average molecular weight is 110 g/mol. The highest BCUT2D eigenvalue weighted by atomic mass is 14.8. The molecule has 44 valence electrons. The Morgan fingerprint density at radius 1 is 1.50 bits per heavy atom. The topological polar surface area (TPSA) is 24.7 Å². The second-order valence-electron chi connectivity index (χ2n) is 1.19. The summed E-state index contributed by atoms with van der Waals surface area (Å²) in [5.74, 6) is 0. The van der Waals surface area contributed by atoms with Crippen LogP contribution in [0.25, 0.3) is 0 Å². The number of nitrogens with zero attached hydrogens (tertiary/aromatic N) is 2. The molecular weight excluding hydrogens is 100 g/mol. The second kappa shape index (κ2) is 6.08. The van der Waals surface area contributed by atoms with Crippen LogP contribution in [-0.4, -0.2) is 12.6 Å². The maximum Gasteiger partial charge on any atom is 0.114 e. The van der Waals surface area contributed by atoms with E-state index in [4.69, 9.17) is 0 Å². The second-order valence-corrected chi connectivity index (χ2v) is 1.19. The summed E-state index contributed by atoms with van der Waals surface area (Å²) in [7, 11) is 0. The normalized spacial score (nSPS) is 11.1. The Labute approximate surface area is 49.7 Å². The lowest BCUT2D eigenvalue weighted by atomic mass is 10.5. The molecule has 0 aliphatic rings. The number of aliphatic imine (C=N–C) groups is 2. The maximum absolute atomic E-state index is 3.79. The molecule has 0 saturated heterocycles. The van der Waals surface area contributed by atoms with Gasteiger partial charge in [-0.05, 0) is 6.42 Å². The highest BCUT2D eigenvalue weighted by Crippen LogP contribution is 1.67. The van der Waals surface area contributed by atoms with Gasteiger partial charge >= 0.3 is 0 Å². The Kier molecular flexibility index (Phi) is 5.38. The van der Waals surface area contributed by atoms with Crippen LogP contribution in [0.4, 0.5) is 0 Å². The smallest absolute Gasteiger partial charge is 0.114 e. The van der Waals surface area contributed by atoms with Gasteiger partial charge in [-0.3, -0.25) is 0 Å². The maximum atomic E-state index is 3.79. The van der Waals surface area contributed by atoms with Crippen molar-refractivity contribution < 1.29 is 0 Å². The summed E-state index contributed by atoms with van der Waals surface area (Å²) >= 11 is 0. The van der Waals surface area contributed by atoms with E-state index >= 15 is 0 Å². The third-order valence-corrected chi connectivity index (χ3v) is 0.527. The van der Waals surface area contributed by atoms with Gasteiger partial charge in [0.25, 0.3) is 0 Å². The van der Waals surface area contributed by atoms with Gasteiger partial charge in [0.05, 0.1) is 0 Å². The number of rotatable bonds is 3. The van der Waals surface area contributed by atoms with Crippen LogP contribution in [0.5, 0.6) is 0 Å². The van der Waals surface area contributed by atoms with E-state index in [2.05, 4.69) is 16.6 Å².